The van der Waals surface area contributed by atoms with Gasteiger partial charge in [-0.3, -0.25) is 0 Å². The normalized spacial score (nSPS) is 10.3. The molecule has 2 aromatic rings. The maximum absolute atomic E-state index is 13.4. The zero-order chi connectivity index (χ0) is 13.0. The molecular formula is C13H15FN4. The van der Waals surface area contributed by atoms with Gasteiger partial charge in [-0.2, -0.15) is 4.98 Å². The van der Waals surface area contributed by atoms with Crippen LogP contribution in [-0.2, 0) is 6.42 Å². The topological polar surface area (TPSA) is 63.8 Å². The summed E-state index contributed by atoms with van der Waals surface area (Å²) >= 11 is 0. The van der Waals surface area contributed by atoms with E-state index in [9.17, 15) is 4.39 Å². The van der Waals surface area contributed by atoms with Gasteiger partial charge >= 0.3 is 0 Å². The van der Waals surface area contributed by atoms with Crippen LogP contribution in [0.5, 0.6) is 0 Å². The van der Waals surface area contributed by atoms with Gasteiger partial charge in [0.05, 0.1) is 0 Å². The van der Waals surface area contributed by atoms with Crippen LogP contribution in [0.1, 0.15) is 11.3 Å². The molecule has 0 radical (unpaired) electrons. The Morgan fingerprint density at radius 1 is 1.28 bits per heavy atom. The van der Waals surface area contributed by atoms with Gasteiger partial charge in [0, 0.05) is 18.3 Å². The van der Waals surface area contributed by atoms with E-state index in [1.807, 2.05) is 13.0 Å². The van der Waals surface area contributed by atoms with Crippen molar-refractivity contribution in [1.29, 1.82) is 0 Å². The second kappa shape index (κ2) is 5.44. The number of halogens is 1. The number of aryl methyl sites for hydroxylation is 1. The monoisotopic (exact) mass is 246 g/mol. The van der Waals surface area contributed by atoms with Crippen molar-refractivity contribution in [2.24, 2.45) is 0 Å². The average molecular weight is 246 g/mol. The first-order valence-corrected chi connectivity index (χ1v) is 5.73. The fourth-order valence-electron chi connectivity index (χ4n) is 1.71. The quantitative estimate of drug-likeness (QED) is 0.867. The Bertz CT molecular complexity index is 522. The lowest BCUT2D eigenvalue weighted by Crippen LogP contribution is -2.09. The predicted molar refractivity (Wildman–Crippen MR) is 69.8 cm³/mol. The molecule has 0 unspecified atom stereocenters. The molecule has 0 spiro atoms. The van der Waals surface area contributed by atoms with Crippen molar-refractivity contribution in [3.63, 3.8) is 0 Å². The molecule has 18 heavy (non-hydrogen) atoms. The van der Waals surface area contributed by atoms with Gasteiger partial charge in [0.1, 0.15) is 11.6 Å². The van der Waals surface area contributed by atoms with Gasteiger partial charge in [0.15, 0.2) is 0 Å². The van der Waals surface area contributed by atoms with Gasteiger partial charge in [-0.05, 0) is 25.0 Å². The third-order valence-electron chi connectivity index (χ3n) is 2.53. The van der Waals surface area contributed by atoms with Gasteiger partial charge in [0.25, 0.3) is 0 Å². The molecule has 0 saturated carbocycles. The van der Waals surface area contributed by atoms with Crippen molar-refractivity contribution in [3.05, 3.63) is 47.4 Å². The first-order valence-electron chi connectivity index (χ1n) is 5.73. The molecule has 1 heterocycles. The molecule has 2 rings (SSSR count). The molecule has 0 aliphatic carbocycles. The predicted octanol–water partition coefficient (Wildman–Crippen LogP) is 2.16. The second-order valence-electron chi connectivity index (χ2n) is 4.02. The van der Waals surface area contributed by atoms with Crippen LogP contribution in [0.2, 0.25) is 0 Å². The summed E-state index contributed by atoms with van der Waals surface area (Å²) in [6.45, 7) is 2.44. The third-order valence-corrected chi connectivity index (χ3v) is 2.53. The van der Waals surface area contributed by atoms with Crippen molar-refractivity contribution in [2.45, 2.75) is 13.3 Å². The van der Waals surface area contributed by atoms with Crippen LogP contribution in [0, 0.1) is 12.7 Å². The average Bonchev–Trinajstić information content (AvgIpc) is 2.30. The summed E-state index contributed by atoms with van der Waals surface area (Å²) < 4.78 is 13.4. The Morgan fingerprint density at radius 2 is 2.06 bits per heavy atom. The molecule has 0 atom stereocenters. The van der Waals surface area contributed by atoms with Crippen LogP contribution in [0.25, 0.3) is 0 Å². The van der Waals surface area contributed by atoms with Crippen LogP contribution in [-0.4, -0.2) is 16.5 Å². The van der Waals surface area contributed by atoms with Gasteiger partial charge in [0.2, 0.25) is 5.95 Å². The lowest BCUT2D eigenvalue weighted by Gasteiger charge is -2.07. The maximum atomic E-state index is 13.4. The Morgan fingerprint density at radius 3 is 2.78 bits per heavy atom. The number of nitrogen functional groups attached to an aromatic ring is 1. The molecule has 0 fully saturated rings. The van der Waals surface area contributed by atoms with Gasteiger partial charge in [-0.15, -0.1) is 0 Å². The van der Waals surface area contributed by atoms with Crippen molar-refractivity contribution in [3.8, 4) is 0 Å². The molecule has 5 heteroatoms. The van der Waals surface area contributed by atoms with E-state index in [1.54, 1.807) is 18.2 Å². The molecule has 0 bridgehead atoms. The summed E-state index contributed by atoms with van der Waals surface area (Å²) in [6.07, 6.45) is 0.593. The minimum Gasteiger partial charge on any atom is -0.370 e. The van der Waals surface area contributed by atoms with Crippen LogP contribution in [0.3, 0.4) is 0 Å². The zero-order valence-corrected chi connectivity index (χ0v) is 10.2. The van der Waals surface area contributed by atoms with E-state index in [1.165, 1.54) is 6.07 Å². The van der Waals surface area contributed by atoms with Gasteiger partial charge in [-0.1, -0.05) is 18.2 Å². The van der Waals surface area contributed by atoms with Crippen molar-refractivity contribution >= 4 is 11.8 Å². The van der Waals surface area contributed by atoms with Crippen molar-refractivity contribution in [1.82, 2.24) is 9.97 Å². The first-order chi connectivity index (χ1) is 8.65. The SMILES string of the molecule is Cc1cc(NCCc2ccccc2F)nc(N)n1. The highest BCUT2D eigenvalue weighted by Gasteiger charge is 2.02. The van der Waals surface area contributed by atoms with Crippen LogP contribution >= 0.6 is 0 Å². The smallest absolute Gasteiger partial charge is 0.222 e. The zero-order valence-electron chi connectivity index (χ0n) is 10.2. The number of aromatic nitrogens is 2. The summed E-state index contributed by atoms with van der Waals surface area (Å²) in [6, 6.07) is 8.54. The number of nitrogens with two attached hydrogens (primary N) is 1. The molecule has 0 saturated heterocycles. The lowest BCUT2D eigenvalue weighted by molar-refractivity contribution is 0.610. The molecule has 0 aliphatic heterocycles. The molecule has 94 valence electrons. The summed E-state index contributed by atoms with van der Waals surface area (Å²) in [4.78, 5) is 8.03. The molecule has 1 aromatic heterocycles. The summed E-state index contributed by atoms with van der Waals surface area (Å²) in [5.74, 6) is 0.720. The van der Waals surface area contributed by atoms with Crippen molar-refractivity contribution in [2.75, 3.05) is 17.6 Å². The Balaban J connectivity index is 1.94. The number of anilines is 2. The standard InChI is InChI=1S/C13H15FN4/c1-9-8-12(18-13(15)17-9)16-7-6-10-4-2-3-5-11(10)14/h2-5,8H,6-7H2,1H3,(H3,15,16,17,18). The van der Waals surface area contributed by atoms with Crippen molar-refractivity contribution < 1.29 is 4.39 Å². The molecule has 1 aromatic carbocycles. The molecule has 0 aliphatic rings. The minimum absolute atomic E-state index is 0.183. The summed E-state index contributed by atoms with van der Waals surface area (Å²) in [7, 11) is 0. The number of hydrogen-bond donors (Lipinski definition) is 2. The molecular weight excluding hydrogens is 231 g/mol. The third kappa shape index (κ3) is 3.16. The van der Waals surface area contributed by atoms with E-state index in [-0.39, 0.29) is 11.8 Å². The van der Waals surface area contributed by atoms with Crippen LogP contribution in [0.4, 0.5) is 16.2 Å². The van der Waals surface area contributed by atoms with Gasteiger partial charge in [-0.25, -0.2) is 9.37 Å². The highest BCUT2D eigenvalue weighted by atomic mass is 19.1. The highest BCUT2D eigenvalue weighted by molar-refractivity contribution is 5.40. The highest BCUT2D eigenvalue weighted by Crippen LogP contribution is 2.09. The Kier molecular flexibility index (Phi) is 3.72. The number of nitrogens with one attached hydrogen (secondary N) is 1. The Labute approximate surface area is 105 Å². The minimum atomic E-state index is -0.183. The Hall–Kier alpha value is -2.17. The second-order valence-corrected chi connectivity index (χ2v) is 4.02. The number of nitrogens with zero attached hydrogens (tertiary/aromatic N) is 2. The van der Waals surface area contributed by atoms with Crippen LogP contribution < -0.4 is 11.1 Å². The number of rotatable bonds is 4. The summed E-state index contributed by atoms with van der Waals surface area (Å²) in [5.41, 5.74) is 7.03. The van der Waals surface area contributed by atoms with E-state index < -0.39 is 0 Å². The van der Waals surface area contributed by atoms with E-state index in [2.05, 4.69) is 15.3 Å². The number of hydrogen-bond acceptors (Lipinski definition) is 4. The largest absolute Gasteiger partial charge is 0.370 e. The van der Waals surface area contributed by atoms with Gasteiger partial charge < -0.3 is 11.1 Å². The fraction of sp³-hybridized carbons (Fsp3) is 0.231. The lowest BCUT2D eigenvalue weighted by atomic mass is 10.1. The van der Waals surface area contributed by atoms with E-state index in [0.29, 0.717) is 24.3 Å². The molecule has 3 N–H and O–H groups in total. The van der Waals surface area contributed by atoms with E-state index in [4.69, 9.17) is 5.73 Å². The first kappa shape index (κ1) is 12.3. The summed E-state index contributed by atoms with van der Waals surface area (Å²) in [5, 5.41) is 3.10. The van der Waals surface area contributed by atoms with Crippen LogP contribution in [0.15, 0.2) is 30.3 Å². The molecule has 4 nitrogen and oxygen atoms in total. The maximum Gasteiger partial charge on any atom is 0.222 e. The van der Waals surface area contributed by atoms with E-state index >= 15 is 0 Å². The fourth-order valence-corrected chi connectivity index (χ4v) is 1.71. The van der Waals surface area contributed by atoms with E-state index in [0.717, 1.165) is 5.69 Å². The molecule has 0 amide bonds. The number of benzene rings is 1.